The maximum absolute atomic E-state index is 8.89. The second-order valence-corrected chi connectivity index (χ2v) is 6.31. The summed E-state index contributed by atoms with van der Waals surface area (Å²) in [5.41, 5.74) is 0. The highest BCUT2D eigenvalue weighted by Crippen LogP contribution is 2.45. The Labute approximate surface area is 110 Å². The van der Waals surface area contributed by atoms with Crippen LogP contribution in [0.25, 0.3) is 0 Å². The average molecular weight is 329 g/mol. The number of nitrogens with zero attached hydrogens (tertiary/aromatic N) is 1. The van der Waals surface area contributed by atoms with Gasteiger partial charge in [0.05, 0.1) is 10.0 Å². The Morgan fingerprint density at radius 2 is 1.60 bits per heavy atom. The fourth-order valence-electron chi connectivity index (χ4n) is 0.641. The van der Waals surface area contributed by atoms with Gasteiger partial charge in [-0.2, -0.15) is 4.98 Å². The lowest BCUT2D eigenvalue weighted by Crippen LogP contribution is -1.95. The molecular formula is C5H2Cl4NO3PS. The number of pyridine rings is 1. The summed E-state index contributed by atoms with van der Waals surface area (Å²) in [6.07, 6.45) is 0. The molecule has 0 aliphatic rings. The fourth-order valence-corrected chi connectivity index (χ4v) is 2.01. The highest BCUT2D eigenvalue weighted by molar-refractivity contribution is 8.06. The Bertz CT molecular complexity index is 450. The number of rotatable bonds is 2. The number of halogens is 4. The molecule has 0 saturated heterocycles. The van der Waals surface area contributed by atoms with Gasteiger partial charge in [0.2, 0.25) is 5.88 Å². The summed E-state index contributed by atoms with van der Waals surface area (Å²) < 4.78 is 4.52. The molecule has 0 unspecified atom stereocenters. The van der Waals surface area contributed by atoms with Gasteiger partial charge in [-0.25, -0.2) is 0 Å². The van der Waals surface area contributed by atoms with Gasteiger partial charge in [0, 0.05) is 11.8 Å². The summed E-state index contributed by atoms with van der Waals surface area (Å²) in [7, 11) is 0. The van der Waals surface area contributed by atoms with Crippen molar-refractivity contribution in [1.29, 1.82) is 0 Å². The largest absolute Gasteiger partial charge is 0.404 e. The van der Waals surface area contributed by atoms with Crippen molar-refractivity contribution >= 4 is 64.9 Å². The minimum atomic E-state index is -3.94. The third-order valence-corrected chi connectivity index (χ3v) is 3.45. The smallest absolute Gasteiger partial charge is 0.376 e. The number of aromatic nitrogens is 1. The molecule has 4 nitrogen and oxygen atoms in total. The second-order valence-electron chi connectivity index (χ2n) is 2.23. The molecule has 0 bridgehead atoms. The van der Waals surface area contributed by atoms with Crippen molar-refractivity contribution in [3.63, 3.8) is 0 Å². The standard InChI is InChI=1S/C5H2Cl4NO3PS/c6-1-2(7)4(9)10-5(3(1)8)13-14(11,12)15/h(H2,11,12,15). The predicted octanol–water partition coefficient (Wildman–Crippen LogP) is 3.28. The van der Waals surface area contributed by atoms with Crippen molar-refractivity contribution < 1.29 is 14.3 Å². The molecule has 0 aliphatic carbocycles. The van der Waals surface area contributed by atoms with Crippen LogP contribution in [0.2, 0.25) is 20.2 Å². The zero-order valence-electron chi connectivity index (χ0n) is 6.62. The van der Waals surface area contributed by atoms with E-state index in [1.165, 1.54) is 0 Å². The van der Waals surface area contributed by atoms with Crippen LogP contribution in [0.4, 0.5) is 0 Å². The first kappa shape index (κ1) is 13.7. The SMILES string of the molecule is OP(O)(=S)Oc1nc(Cl)c(Cl)c(Cl)c1Cl. The van der Waals surface area contributed by atoms with E-state index in [1.54, 1.807) is 0 Å². The summed E-state index contributed by atoms with van der Waals surface area (Å²) in [5.74, 6) is -0.371. The Hall–Kier alpha value is 0.680. The first-order valence-electron chi connectivity index (χ1n) is 3.17. The fraction of sp³-hybridized carbons (Fsp3) is 0. The molecule has 1 aromatic heterocycles. The van der Waals surface area contributed by atoms with Gasteiger partial charge in [-0.3, -0.25) is 0 Å². The molecule has 10 heteroatoms. The molecule has 1 heterocycles. The van der Waals surface area contributed by atoms with Gasteiger partial charge < -0.3 is 14.3 Å². The van der Waals surface area contributed by atoms with Crippen LogP contribution in [-0.2, 0) is 11.8 Å². The molecule has 1 aromatic rings. The van der Waals surface area contributed by atoms with Gasteiger partial charge in [0.1, 0.15) is 5.02 Å². The summed E-state index contributed by atoms with van der Waals surface area (Å²) in [6, 6.07) is 0. The maximum Gasteiger partial charge on any atom is 0.376 e. The van der Waals surface area contributed by atoms with E-state index in [1.807, 2.05) is 0 Å². The molecule has 0 atom stereocenters. The second kappa shape index (κ2) is 4.90. The Balaban J connectivity index is 3.27. The highest BCUT2D eigenvalue weighted by Gasteiger charge is 2.20. The van der Waals surface area contributed by atoms with E-state index in [4.69, 9.17) is 56.2 Å². The molecule has 0 aromatic carbocycles. The van der Waals surface area contributed by atoms with Gasteiger partial charge in [0.25, 0.3) is 0 Å². The van der Waals surface area contributed by atoms with E-state index in [-0.39, 0.29) is 26.1 Å². The van der Waals surface area contributed by atoms with Crippen LogP contribution in [0.15, 0.2) is 0 Å². The van der Waals surface area contributed by atoms with Crippen molar-refractivity contribution in [2.24, 2.45) is 0 Å². The van der Waals surface area contributed by atoms with Crippen LogP contribution in [0.5, 0.6) is 5.88 Å². The normalized spacial score (nSPS) is 11.6. The van der Waals surface area contributed by atoms with Crippen molar-refractivity contribution in [2.75, 3.05) is 0 Å². The zero-order chi connectivity index (χ0) is 11.8. The Morgan fingerprint density at radius 3 is 2.07 bits per heavy atom. The molecule has 0 spiro atoms. The summed E-state index contributed by atoms with van der Waals surface area (Å²) in [6.45, 7) is -3.94. The molecule has 0 aliphatic heterocycles. The maximum atomic E-state index is 8.89. The van der Waals surface area contributed by atoms with Crippen LogP contribution < -0.4 is 4.52 Å². The monoisotopic (exact) mass is 327 g/mol. The molecule has 1 rings (SSSR count). The van der Waals surface area contributed by atoms with E-state index in [0.29, 0.717) is 0 Å². The van der Waals surface area contributed by atoms with E-state index in [0.717, 1.165) is 0 Å². The minimum Gasteiger partial charge on any atom is -0.404 e. The van der Waals surface area contributed by atoms with Crippen molar-refractivity contribution in [3.8, 4) is 5.88 Å². The summed E-state index contributed by atoms with van der Waals surface area (Å²) in [4.78, 5) is 21.3. The predicted molar refractivity (Wildman–Crippen MR) is 63.6 cm³/mol. The van der Waals surface area contributed by atoms with Crippen molar-refractivity contribution in [3.05, 3.63) is 20.2 Å². The van der Waals surface area contributed by atoms with Crippen LogP contribution in [-0.4, -0.2) is 14.8 Å². The summed E-state index contributed by atoms with van der Waals surface area (Å²) in [5, 5.41) is -0.524. The zero-order valence-corrected chi connectivity index (χ0v) is 11.4. The molecule has 0 saturated carbocycles. The van der Waals surface area contributed by atoms with Crippen LogP contribution in [0.1, 0.15) is 0 Å². The van der Waals surface area contributed by atoms with Crippen molar-refractivity contribution in [2.45, 2.75) is 0 Å². The third kappa shape index (κ3) is 3.58. The summed E-state index contributed by atoms with van der Waals surface area (Å²) >= 11 is 26.7. The lowest BCUT2D eigenvalue weighted by Gasteiger charge is -2.11. The molecule has 0 radical (unpaired) electrons. The lowest BCUT2D eigenvalue weighted by molar-refractivity contribution is 0.365. The Morgan fingerprint density at radius 1 is 1.07 bits per heavy atom. The molecule has 0 fully saturated rings. The highest BCUT2D eigenvalue weighted by atomic mass is 35.5. The van der Waals surface area contributed by atoms with E-state index in [2.05, 4.69) is 21.3 Å². The topological polar surface area (TPSA) is 62.6 Å². The van der Waals surface area contributed by atoms with E-state index >= 15 is 0 Å². The lowest BCUT2D eigenvalue weighted by atomic mass is 10.5. The van der Waals surface area contributed by atoms with Gasteiger partial charge in [0.15, 0.2) is 5.15 Å². The molecule has 2 N–H and O–H groups in total. The first-order valence-corrected chi connectivity index (χ1v) is 7.31. The third-order valence-electron chi connectivity index (χ3n) is 1.16. The first-order chi connectivity index (χ1) is 6.72. The van der Waals surface area contributed by atoms with E-state index in [9.17, 15) is 0 Å². The van der Waals surface area contributed by atoms with Crippen LogP contribution in [0, 0.1) is 0 Å². The van der Waals surface area contributed by atoms with Gasteiger partial charge in [-0.15, -0.1) is 0 Å². The molecule has 15 heavy (non-hydrogen) atoms. The van der Waals surface area contributed by atoms with Gasteiger partial charge in [-0.1, -0.05) is 46.4 Å². The van der Waals surface area contributed by atoms with Crippen molar-refractivity contribution in [1.82, 2.24) is 4.98 Å². The number of hydrogen-bond acceptors (Lipinski definition) is 3. The van der Waals surface area contributed by atoms with Crippen LogP contribution >= 0.6 is 53.1 Å². The molecule has 0 amide bonds. The van der Waals surface area contributed by atoms with Crippen LogP contribution in [0.3, 0.4) is 0 Å². The van der Waals surface area contributed by atoms with Gasteiger partial charge in [-0.05, 0) is 0 Å². The number of hydrogen-bond donors (Lipinski definition) is 2. The molecule has 84 valence electrons. The average Bonchev–Trinajstić information content (AvgIpc) is 2.08. The Kier molecular flexibility index (Phi) is 4.49. The molecular weight excluding hydrogens is 327 g/mol. The van der Waals surface area contributed by atoms with E-state index < -0.39 is 6.72 Å². The minimum absolute atomic E-state index is 0.0557. The van der Waals surface area contributed by atoms with Gasteiger partial charge >= 0.3 is 6.72 Å². The quantitative estimate of drug-likeness (QED) is 0.644.